The molecule has 20 heavy (non-hydrogen) atoms. The molecule has 0 spiro atoms. The summed E-state index contributed by atoms with van der Waals surface area (Å²) in [5.41, 5.74) is 5.82. The van der Waals surface area contributed by atoms with E-state index in [1.54, 1.807) is 4.57 Å². The molecule has 0 aromatic carbocycles. The van der Waals surface area contributed by atoms with Crippen LogP contribution in [0.15, 0.2) is 12.3 Å². The number of carbonyl (C=O) groups excluding carboxylic acids is 1. The largest absolute Gasteiger partial charge is 0.346 e. The Bertz CT molecular complexity index is 494. The number of aromatic nitrogens is 1. The van der Waals surface area contributed by atoms with Gasteiger partial charge in [0.25, 0.3) is 11.6 Å². The van der Waals surface area contributed by atoms with E-state index >= 15 is 0 Å². The molecule has 7 heteroatoms. The first kappa shape index (κ1) is 16.2. The van der Waals surface area contributed by atoms with Crippen molar-refractivity contribution < 1.29 is 9.72 Å². The molecule has 3 N–H and O–H groups in total. The maximum absolute atomic E-state index is 12.3. The third-order valence-electron chi connectivity index (χ3n) is 3.21. The lowest BCUT2D eigenvalue weighted by Gasteiger charge is -2.21. The van der Waals surface area contributed by atoms with Crippen molar-refractivity contribution in [2.75, 3.05) is 6.54 Å². The number of carbonyl (C=O) groups is 1. The molecular weight excluding hydrogens is 260 g/mol. The van der Waals surface area contributed by atoms with Crippen molar-refractivity contribution in [1.29, 1.82) is 0 Å². The van der Waals surface area contributed by atoms with Crippen molar-refractivity contribution in [1.82, 2.24) is 9.88 Å². The van der Waals surface area contributed by atoms with E-state index in [1.807, 2.05) is 27.7 Å². The zero-order chi connectivity index (χ0) is 15.4. The van der Waals surface area contributed by atoms with Gasteiger partial charge in [0.15, 0.2) is 0 Å². The second-order valence-electron chi connectivity index (χ2n) is 5.40. The van der Waals surface area contributed by atoms with Gasteiger partial charge in [-0.2, -0.15) is 0 Å². The minimum atomic E-state index is -0.501. The summed E-state index contributed by atoms with van der Waals surface area (Å²) >= 11 is 0. The van der Waals surface area contributed by atoms with Crippen LogP contribution >= 0.6 is 0 Å². The second kappa shape index (κ2) is 6.51. The molecule has 1 heterocycles. The highest BCUT2D eigenvalue weighted by Gasteiger charge is 2.23. The molecule has 0 radical (unpaired) electrons. The number of hydrogen-bond acceptors (Lipinski definition) is 4. The highest BCUT2D eigenvalue weighted by Crippen LogP contribution is 2.21. The van der Waals surface area contributed by atoms with Crippen LogP contribution in [-0.2, 0) is 0 Å². The Morgan fingerprint density at radius 3 is 2.45 bits per heavy atom. The SMILES string of the molecule is CC(C)C(CN)NC(=O)c1cc([N+](=O)[O-])cn1C(C)C. The molecule has 112 valence electrons. The van der Waals surface area contributed by atoms with E-state index in [4.69, 9.17) is 5.73 Å². The van der Waals surface area contributed by atoms with Gasteiger partial charge in [-0.25, -0.2) is 0 Å². The predicted molar refractivity (Wildman–Crippen MR) is 76.6 cm³/mol. The van der Waals surface area contributed by atoms with Crippen molar-refractivity contribution in [2.24, 2.45) is 11.7 Å². The highest BCUT2D eigenvalue weighted by molar-refractivity contribution is 5.93. The van der Waals surface area contributed by atoms with Gasteiger partial charge in [-0.05, 0) is 19.8 Å². The van der Waals surface area contributed by atoms with Crippen molar-refractivity contribution >= 4 is 11.6 Å². The topological polar surface area (TPSA) is 103 Å². The second-order valence-corrected chi connectivity index (χ2v) is 5.40. The molecule has 1 atom stereocenters. The monoisotopic (exact) mass is 282 g/mol. The number of nitrogens with one attached hydrogen (secondary N) is 1. The fraction of sp³-hybridized carbons (Fsp3) is 0.615. The molecule has 1 aromatic rings. The average molecular weight is 282 g/mol. The first-order chi connectivity index (χ1) is 9.27. The summed E-state index contributed by atoms with van der Waals surface area (Å²) in [5.74, 6) is -0.141. The molecule has 1 aromatic heterocycles. The minimum absolute atomic E-state index is 0.0418. The van der Waals surface area contributed by atoms with Crippen LogP contribution < -0.4 is 11.1 Å². The molecule has 1 rings (SSSR count). The molecular formula is C13H22N4O3. The molecule has 0 saturated heterocycles. The van der Waals surface area contributed by atoms with Crippen LogP contribution in [0.4, 0.5) is 5.69 Å². The van der Waals surface area contributed by atoms with E-state index in [2.05, 4.69) is 5.32 Å². The summed E-state index contributed by atoms with van der Waals surface area (Å²) in [6, 6.07) is 1.10. The highest BCUT2D eigenvalue weighted by atomic mass is 16.6. The minimum Gasteiger partial charge on any atom is -0.346 e. The maximum atomic E-state index is 12.3. The fourth-order valence-electron chi connectivity index (χ4n) is 1.91. The summed E-state index contributed by atoms with van der Waals surface area (Å²) in [7, 11) is 0. The Morgan fingerprint density at radius 1 is 1.45 bits per heavy atom. The van der Waals surface area contributed by atoms with Gasteiger partial charge in [0, 0.05) is 24.7 Å². The van der Waals surface area contributed by atoms with Gasteiger partial charge < -0.3 is 15.6 Å². The van der Waals surface area contributed by atoms with Crippen molar-refractivity contribution in [2.45, 2.75) is 39.8 Å². The van der Waals surface area contributed by atoms with Gasteiger partial charge in [0.1, 0.15) is 5.69 Å². The first-order valence-electron chi connectivity index (χ1n) is 6.65. The van der Waals surface area contributed by atoms with Crippen LogP contribution in [0.3, 0.4) is 0 Å². The number of nitro groups is 1. The third-order valence-corrected chi connectivity index (χ3v) is 3.21. The van der Waals surface area contributed by atoms with Crippen molar-refractivity contribution in [3.05, 3.63) is 28.1 Å². The van der Waals surface area contributed by atoms with Gasteiger partial charge >= 0.3 is 0 Å². The van der Waals surface area contributed by atoms with E-state index < -0.39 is 4.92 Å². The van der Waals surface area contributed by atoms with Gasteiger partial charge in [-0.1, -0.05) is 13.8 Å². The number of rotatable bonds is 6. The fourth-order valence-corrected chi connectivity index (χ4v) is 1.91. The van der Waals surface area contributed by atoms with Crippen LogP contribution in [0.1, 0.15) is 44.2 Å². The zero-order valence-corrected chi connectivity index (χ0v) is 12.3. The van der Waals surface area contributed by atoms with Gasteiger partial charge in [-0.3, -0.25) is 14.9 Å². The van der Waals surface area contributed by atoms with Crippen LogP contribution in [0.5, 0.6) is 0 Å². The number of amides is 1. The molecule has 0 aliphatic heterocycles. The number of nitrogens with zero attached hydrogens (tertiary/aromatic N) is 2. The maximum Gasteiger partial charge on any atom is 0.287 e. The molecule has 0 aliphatic rings. The summed E-state index contributed by atoms with van der Waals surface area (Å²) < 4.78 is 1.60. The summed E-state index contributed by atoms with van der Waals surface area (Å²) in [4.78, 5) is 22.6. The third kappa shape index (κ3) is 3.57. The summed E-state index contributed by atoms with van der Waals surface area (Å²) in [5, 5.41) is 13.7. The van der Waals surface area contributed by atoms with Crippen LogP contribution in [0, 0.1) is 16.0 Å². The average Bonchev–Trinajstić information content (AvgIpc) is 2.80. The summed E-state index contributed by atoms with van der Waals surface area (Å²) in [6.45, 7) is 7.98. The van der Waals surface area contributed by atoms with Crippen LogP contribution in [-0.4, -0.2) is 28.0 Å². The molecule has 1 unspecified atom stereocenters. The van der Waals surface area contributed by atoms with Crippen LogP contribution in [0.2, 0.25) is 0 Å². The van der Waals surface area contributed by atoms with E-state index in [0.717, 1.165) is 0 Å². The summed E-state index contributed by atoms with van der Waals surface area (Å²) in [6.07, 6.45) is 1.38. The van der Waals surface area contributed by atoms with Gasteiger partial charge in [0.05, 0.1) is 11.1 Å². The van der Waals surface area contributed by atoms with Gasteiger partial charge in [0.2, 0.25) is 0 Å². The van der Waals surface area contributed by atoms with E-state index in [-0.39, 0.29) is 35.3 Å². The smallest absolute Gasteiger partial charge is 0.287 e. The lowest BCUT2D eigenvalue weighted by Crippen LogP contribution is -2.44. The first-order valence-corrected chi connectivity index (χ1v) is 6.65. The van der Waals surface area contributed by atoms with E-state index in [1.165, 1.54) is 12.3 Å². The Kier molecular flexibility index (Phi) is 5.26. The lowest BCUT2D eigenvalue weighted by atomic mass is 10.0. The normalized spacial score (nSPS) is 12.8. The lowest BCUT2D eigenvalue weighted by molar-refractivity contribution is -0.384. The molecule has 0 fully saturated rings. The quantitative estimate of drug-likeness (QED) is 0.612. The molecule has 1 amide bonds. The number of hydrogen-bond donors (Lipinski definition) is 2. The number of nitrogens with two attached hydrogens (primary N) is 1. The van der Waals surface area contributed by atoms with E-state index in [9.17, 15) is 14.9 Å². The Morgan fingerprint density at radius 2 is 2.05 bits per heavy atom. The Labute approximate surface area is 118 Å². The molecule has 7 nitrogen and oxygen atoms in total. The Balaban J connectivity index is 3.05. The van der Waals surface area contributed by atoms with E-state index in [0.29, 0.717) is 6.54 Å². The van der Waals surface area contributed by atoms with Crippen molar-refractivity contribution in [3.8, 4) is 0 Å². The molecule has 0 saturated carbocycles. The predicted octanol–water partition coefficient (Wildman–Crippen LogP) is 1.69. The molecule has 0 aliphatic carbocycles. The van der Waals surface area contributed by atoms with Gasteiger partial charge in [-0.15, -0.1) is 0 Å². The Hall–Kier alpha value is -1.89. The molecule has 0 bridgehead atoms. The van der Waals surface area contributed by atoms with Crippen molar-refractivity contribution in [3.63, 3.8) is 0 Å². The van der Waals surface area contributed by atoms with Crippen LogP contribution in [0.25, 0.3) is 0 Å². The standard InChI is InChI=1S/C13H22N4O3/c1-8(2)11(6-14)15-13(18)12-5-10(17(19)20)7-16(12)9(3)4/h5,7-9,11H,6,14H2,1-4H3,(H,15,18). The zero-order valence-electron chi connectivity index (χ0n) is 12.3.